The summed E-state index contributed by atoms with van der Waals surface area (Å²) in [5.41, 5.74) is 1.86. The molecule has 0 bridgehead atoms. The topological polar surface area (TPSA) is 40.5 Å². The summed E-state index contributed by atoms with van der Waals surface area (Å²) in [5, 5.41) is 20.0. The first-order chi connectivity index (χ1) is 7.70. The van der Waals surface area contributed by atoms with Crippen molar-refractivity contribution in [1.29, 1.82) is 0 Å². The molecule has 0 amide bonds. The highest BCUT2D eigenvalue weighted by Crippen LogP contribution is 2.55. The summed E-state index contributed by atoms with van der Waals surface area (Å²) in [6, 6.07) is 5.55. The second kappa shape index (κ2) is 3.86. The maximum Gasteiger partial charge on any atom is 0.121 e. The Balaban J connectivity index is 2.02. The van der Waals surface area contributed by atoms with E-state index in [1.807, 2.05) is 35.7 Å². The molecule has 2 aliphatic rings. The van der Waals surface area contributed by atoms with Crippen LogP contribution in [-0.4, -0.2) is 25.8 Å². The number of phenols is 1. The van der Waals surface area contributed by atoms with Crippen LogP contribution in [0.1, 0.15) is 23.7 Å². The standard InChI is InChI=1S/C12H14O2S2/c13-9-3-1-2-8-6-12(15-4-5-16-12)7-10(14)11(8)9/h1-3,10,13-14H,4-7H2. The van der Waals surface area contributed by atoms with Crippen LogP contribution in [0.5, 0.6) is 5.75 Å². The van der Waals surface area contributed by atoms with Gasteiger partial charge in [-0.15, -0.1) is 23.5 Å². The Morgan fingerprint density at radius 1 is 1.25 bits per heavy atom. The summed E-state index contributed by atoms with van der Waals surface area (Å²) in [6.45, 7) is 0. The van der Waals surface area contributed by atoms with Crippen molar-refractivity contribution in [1.82, 2.24) is 0 Å². The first kappa shape index (κ1) is 10.8. The van der Waals surface area contributed by atoms with Gasteiger partial charge in [0.1, 0.15) is 5.75 Å². The van der Waals surface area contributed by atoms with E-state index in [4.69, 9.17) is 0 Å². The van der Waals surface area contributed by atoms with Crippen molar-refractivity contribution in [3.8, 4) is 5.75 Å². The maximum absolute atomic E-state index is 10.2. The lowest BCUT2D eigenvalue weighted by atomic mass is 9.88. The molecule has 1 aliphatic heterocycles. The zero-order valence-corrected chi connectivity index (χ0v) is 10.5. The van der Waals surface area contributed by atoms with E-state index in [-0.39, 0.29) is 9.83 Å². The number of rotatable bonds is 0. The van der Waals surface area contributed by atoms with Gasteiger partial charge in [0.25, 0.3) is 0 Å². The number of benzene rings is 1. The lowest BCUT2D eigenvalue weighted by molar-refractivity contribution is 0.151. The first-order valence-corrected chi connectivity index (χ1v) is 7.44. The van der Waals surface area contributed by atoms with Gasteiger partial charge in [0.2, 0.25) is 0 Å². The summed E-state index contributed by atoms with van der Waals surface area (Å²) in [7, 11) is 0. The van der Waals surface area contributed by atoms with Gasteiger partial charge in [-0.1, -0.05) is 12.1 Å². The van der Waals surface area contributed by atoms with Crippen molar-refractivity contribution < 1.29 is 10.2 Å². The van der Waals surface area contributed by atoms with Crippen LogP contribution in [0, 0.1) is 0 Å². The second-order valence-corrected chi connectivity index (χ2v) is 7.57. The van der Waals surface area contributed by atoms with E-state index in [0.717, 1.165) is 24.0 Å². The molecule has 1 saturated heterocycles. The summed E-state index contributed by atoms with van der Waals surface area (Å²) in [6.07, 6.45) is 1.21. The summed E-state index contributed by atoms with van der Waals surface area (Å²) < 4.78 is 0.153. The molecule has 3 rings (SSSR count). The Bertz CT molecular complexity index is 413. The van der Waals surface area contributed by atoms with Crippen LogP contribution in [0.25, 0.3) is 0 Å². The van der Waals surface area contributed by atoms with Crippen molar-refractivity contribution in [2.45, 2.75) is 23.0 Å². The molecular formula is C12H14O2S2. The molecule has 0 saturated carbocycles. The predicted molar refractivity (Wildman–Crippen MR) is 69.0 cm³/mol. The molecule has 1 heterocycles. The third-order valence-corrected chi connectivity index (χ3v) is 6.74. The highest BCUT2D eigenvalue weighted by molar-refractivity contribution is 8.21. The quantitative estimate of drug-likeness (QED) is 0.746. The van der Waals surface area contributed by atoms with E-state index in [1.54, 1.807) is 6.07 Å². The van der Waals surface area contributed by atoms with Crippen molar-refractivity contribution >= 4 is 23.5 Å². The number of aliphatic hydroxyl groups excluding tert-OH is 1. The first-order valence-electron chi connectivity index (χ1n) is 5.47. The molecule has 4 heteroatoms. The van der Waals surface area contributed by atoms with Crippen molar-refractivity contribution in [2.75, 3.05) is 11.5 Å². The molecule has 0 radical (unpaired) electrons. The van der Waals surface area contributed by atoms with E-state index in [9.17, 15) is 10.2 Å². The number of thioether (sulfide) groups is 2. The van der Waals surface area contributed by atoms with Crippen LogP contribution >= 0.6 is 23.5 Å². The van der Waals surface area contributed by atoms with Gasteiger partial charge in [-0.3, -0.25) is 0 Å². The third kappa shape index (κ3) is 1.63. The fourth-order valence-corrected chi connectivity index (χ4v) is 5.92. The number of phenolic OH excluding ortho intramolecular Hbond substituents is 1. The van der Waals surface area contributed by atoms with E-state index in [0.29, 0.717) is 0 Å². The van der Waals surface area contributed by atoms with E-state index >= 15 is 0 Å². The van der Waals surface area contributed by atoms with Crippen LogP contribution in [0.3, 0.4) is 0 Å². The highest BCUT2D eigenvalue weighted by Gasteiger charge is 2.42. The number of fused-ring (bicyclic) bond motifs is 1. The summed E-state index contributed by atoms with van der Waals surface area (Å²) >= 11 is 3.92. The second-order valence-electron chi connectivity index (χ2n) is 4.35. The average molecular weight is 254 g/mol. The summed E-state index contributed by atoms with van der Waals surface area (Å²) in [4.78, 5) is 0. The van der Waals surface area contributed by atoms with Gasteiger partial charge in [0, 0.05) is 23.5 Å². The molecule has 1 unspecified atom stereocenters. The minimum atomic E-state index is -0.511. The molecule has 1 spiro atoms. The third-order valence-electron chi connectivity index (χ3n) is 3.28. The van der Waals surface area contributed by atoms with Gasteiger partial charge >= 0.3 is 0 Å². The average Bonchev–Trinajstić information content (AvgIpc) is 2.65. The van der Waals surface area contributed by atoms with Gasteiger partial charge in [0.05, 0.1) is 10.2 Å². The number of aromatic hydroxyl groups is 1. The molecule has 2 N–H and O–H groups in total. The fourth-order valence-electron chi connectivity index (χ4n) is 2.61. The van der Waals surface area contributed by atoms with Crippen LogP contribution in [0.4, 0.5) is 0 Å². The summed E-state index contributed by atoms with van der Waals surface area (Å²) in [5.74, 6) is 2.59. The van der Waals surface area contributed by atoms with Crippen LogP contribution < -0.4 is 0 Å². The minimum Gasteiger partial charge on any atom is -0.508 e. The Hall–Kier alpha value is -0.320. The number of aliphatic hydroxyl groups is 1. The van der Waals surface area contributed by atoms with Crippen LogP contribution in [-0.2, 0) is 6.42 Å². The Morgan fingerprint density at radius 3 is 2.75 bits per heavy atom. The molecule has 1 aliphatic carbocycles. The maximum atomic E-state index is 10.2. The lowest BCUT2D eigenvalue weighted by Gasteiger charge is -2.36. The minimum absolute atomic E-state index is 0.153. The van der Waals surface area contributed by atoms with Crippen molar-refractivity contribution in [3.63, 3.8) is 0 Å². The normalized spacial score (nSPS) is 26.9. The van der Waals surface area contributed by atoms with Gasteiger partial charge < -0.3 is 10.2 Å². The smallest absolute Gasteiger partial charge is 0.121 e. The van der Waals surface area contributed by atoms with Crippen molar-refractivity contribution in [3.05, 3.63) is 29.3 Å². The number of hydrogen-bond acceptors (Lipinski definition) is 4. The van der Waals surface area contributed by atoms with Gasteiger partial charge in [0.15, 0.2) is 0 Å². The molecule has 1 aromatic carbocycles. The zero-order valence-electron chi connectivity index (χ0n) is 8.85. The molecule has 0 aromatic heterocycles. The van der Waals surface area contributed by atoms with Gasteiger partial charge in [-0.05, 0) is 18.1 Å². The number of hydrogen-bond donors (Lipinski definition) is 2. The zero-order chi connectivity index (χ0) is 11.2. The Kier molecular flexibility index (Phi) is 2.61. The van der Waals surface area contributed by atoms with E-state index < -0.39 is 6.10 Å². The fraction of sp³-hybridized carbons (Fsp3) is 0.500. The lowest BCUT2D eigenvalue weighted by Crippen LogP contribution is -2.29. The molecule has 1 fully saturated rings. The molecule has 1 aromatic rings. The monoisotopic (exact) mass is 254 g/mol. The largest absolute Gasteiger partial charge is 0.508 e. The van der Waals surface area contributed by atoms with E-state index in [1.165, 1.54) is 11.5 Å². The van der Waals surface area contributed by atoms with Crippen LogP contribution in [0.2, 0.25) is 0 Å². The van der Waals surface area contributed by atoms with E-state index in [2.05, 4.69) is 0 Å². The predicted octanol–water partition coefficient (Wildman–Crippen LogP) is 2.55. The molecule has 86 valence electrons. The molecule has 1 atom stereocenters. The molecule has 16 heavy (non-hydrogen) atoms. The van der Waals surface area contributed by atoms with Gasteiger partial charge in [-0.25, -0.2) is 0 Å². The molecular weight excluding hydrogens is 240 g/mol. The van der Waals surface area contributed by atoms with Crippen LogP contribution in [0.15, 0.2) is 18.2 Å². The highest BCUT2D eigenvalue weighted by atomic mass is 32.2. The van der Waals surface area contributed by atoms with Gasteiger partial charge in [-0.2, -0.15) is 0 Å². The van der Waals surface area contributed by atoms with Crippen molar-refractivity contribution in [2.24, 2.45) is 0 Å². The molecule has 2 nitrogen and oxygen atoms in total. The Labute approximate surface area is 103 Å². The SMILES string of the molecule is Oc1cccc2c1C(O)CC1(C2)SCCS1. The Morgan fingerprint density at radius 2 is 2.00 bits per heavy atom.